The fourth-order valence-electron chi connectivity index (χ4n) is 2.92. The maximum Gasteiger partial charge on any atom is 0.224 e. The first kappa shape index (κ1) is 17.7. The molecule has 0 unspecified atom stereocenters. The molecule has 3 heterocycles. The maximum absolute atomic E-state index is 12.7. The van der Waals surface area contributed by atoms with Gasteiger partial charge in [0, 0.05) is 36.8 Å². The minimum Gasteiger partial charge on any atom is -0.367 e. The van der Waals surface area contributed by atoms with Gasteiger partial charge in [-0.3, -0.25) is 9.89 Å². The van der Waals surface area contributed by atoms with Gasteiger partial charge in [0.05, 0.1) is 13.2 Å². The average molecular weight is 345 g/mol. The van der Waals surface area contributed by atoms with Gasteiger partial charge in [0.1, 0.15) is 6.10 Å². The molecule has 25 heavy (non-hydrogen) atoms. The Bertz CT molecular complexity index is 701. The molecule has 1 N–H and O–H groups in total. The summed E-state index contributed by atoms with van der Waals surface area (Å²) in [7, 11) is 0. The number of hydrogen-bond acceptors (Lipinski definition) is 4. The summed E-state index contributed by atoms with van der Waals surface area (Å²) in [6.07, 6.45) is 4.21. The van der Waals surface area contributed by atoms with Crippen LogP contribution in [0.4, 0.5) is 0 Å². The van der Waals surface area contributed by atoms with Crippen LogP contribution >= 0.6 is 0 Å². The summed E-state index contributed by atoms with van der Waals surface area (Å²) in [5.74, 6) is 1.60. The minimum absolute atomic E-state index is 0.120. The lowest BCUT2D eigenvalue weighted by atomic mass is 9.96. The zero-order chi connectivity index (χ0) is 18.0. The van der Waals surface area contributed by atoms with Crippen molar-refractivity contribution in [2.24, 2.45) is 0 Å². The topological polar surface area (TPSA) is 76.0 Å². The number of aromatic nitrogens is 4. The third-order valence-corrected chi connectivity index (χ3v) is 4.50. The zero-order valence-electron chi connectivity index (χ0n) is 15.4. The molecular weight excluding hydrogens is 318 g/mol. The van der Waals surface area contributed by atoms with Gasteiger partial charge in [-0.15, -0.1) is 0 Å². The smallest absolute Gasteiger partial charge is 0.224 e. The normalized spacial score (nSPS) is 19.8. The summed E-state index contributed by atoms with van der Waals surface area (Å²) in [4.78, 5) is 19.1. The van der Waals surface area contributed by atoms with Crippen LogP contribution in [0.5, 0.6) is 0 Å². The number of amides is 1. The van der Waals surface area contributed by atoms with Crippen LogP contribution in [0.3, 0.4) is 0 Å². The summed E-state index contributed by atoms with van der Waals surface area (Å²) >= 11 is 0. The maximum atomic E-state index is 12.7. The van der Waals surface area contributed by atoms with Crippen LogP contribution in [0.15, 0.2) is 24.5 Å². The fraction of sp³-hybridized carbons (Fsp3) is 0.611. The second kappa shape index (κ2) is 7.00. The van der Waals surface area contributed by atoms with Crippen LogP contribution in [0, 0.1) is 0 Å². The van der Waals surface area contributed by atoms with E-state index in [1.165, 1.54) is 0 Å². The number of ether oxygens (including phenoxy) is 1. The standard InChI is InChI=1S/C18H27N5O2/c1-13(22-7-5-6-8-22)11-15(24)23-9-10-25-14(12-23)16-19-17(21-20-16)18(2,3)4/h5-8,13-14H,9-12H2,1-4H3,(H,19,20,21)/t13-,14-/m0/s1. The van der Waals surface area contributed by atoms with Crippen molar-refractivity contribution in [1.29, 1.82) is 0 Å². The van der Waals surface area contributed by atoms with Gasteiger partial charge < -0.3 is 14.2 Å². The third-order valence-electron chi connectivity index (χ3n) is 4.50. The number of nitrogens with one attached hydrogen (secondary N) is 1. The minimum atomic E-state index is -0.247. The highest BCUT2D eigenvalue weighted by atomic mass is 16.5. The van der Waals surface area contributed by atoms with Crippen LogP contribution in [-0.2, 0) is 14.9 Å². The van der Waals surface area contributed by atoms with E-state index in [0.29, 0.717) is 31.9 Å². The number of aromatic amines is 1. The number of nitrogens with zero attached hydrogens (tertiary/aromatic N) is 4. The van der Waals surface area contributed by atoms with Gasteiger partial charge in [-0.1, -0.05) is 20.8 Å². The number of morpholine rings is 1. The Kier molecular flexibility index (Phi) is 4.94. The van der Waals surface area contributed by atoms with Crippen LogP contribution in [-0.4, -0.2) is 50.3 Å². The van der Waals surface area contributed by atoms with E-state index in [-0.39, 0.29) is 23.5 Å². The predicted molar refractivity (Wildman–Crippen MR) is 94.1 cm³/mol. The number of rotatable bonds is 4. The number of hydrogen-bond donors (Lipinski definition) is 1. The number of carbonyl (C=O) groups excluding carboxylic acids is 1. The molecule has 2 aromatic heterocycles. The summed E-state index contributed by atoms with van der Waals surface area (Å²) in [6.45, 7) is 9.91. The van der Waals surface area contributed by atoms with E-state index in [2.05, 4.69) is 47.4 Å². The fourth-order valence-corrected chi connectivity index (χ4v) is 2.92. The molecule has 1 fully saturated rings. The van der Waals surface area contributed by atoms with Crippen molar-refractivity contribution in [3.05, 3.63) is 36.2 Å². The van der Waals surface area contributed by atoms with Crippen LogP contribution in [0.1, 0.15) is 57.9 Å². The first-order valence-electron chi connectivity index (χ1n) is 8.79. The van der Waals surface area contributed by atoms with Gasteiger partial charge in [-0.2, -0.15) is 5.10 Å². The van der Waals surface area contributed by atoms with Crippen molar-refractivity contribution in [1.82, 2.24) is 24.6 Å². The number of H-pyrrole nitrogens is 1. The monoisotopic (exact) mass is 345 g/mol. The Morgan fingerprint density at radius 2 is 2.12 bits per heavy atom. The Morgan fingerprint density at radius 1 is 1.40 bits per heavy atom. The van der Waals surface area contributed by atoms with Crippen molar-refractivity contribution in [2.45, 2.75) is 51.7 Å². The zero-order valence-corrected chi connectivity index (χ0v) is 15.4. The van der Waals surface area contributed by atoms with E-state index < -0.39 is 0 Å². The molecule has 0 bridgehead atoms. The van der Waals surface area contributed by atoms with Gasteiger partial charge in [0.15, 0.2) is 11.6 Å². The Hall–Kier alpha value is -2.15. The molecular formula is C18H27N5O2. The van der Waals surface area contributed by atoms with Crippen molar-refractivity contribution in [2.75, 3.05) is 19.7 Å². The molecule has 3 rings (SSSR count). The van der Waals surface area contributed by atoms with Crippen molar-refractivity contribution >= 4 is 5.91 Å². The second-order valence-electron chi connectivity index (χ2n) is 7.68. The molecule has 7 heteroatoms. The SMILES string of the molecule is C[C@@H](CC(=O)N1CCO[C@H](c2nc(C(C)(C)C)n[nH]2)C1)n1cccc1. The van der Waals surface area contributed by atoms with Gasteiger partial charge in [-0.05, 0) is 19.1 Å². The molecule has 0 spiro atoms. The molecule has 1 amide bonds. The van der Waals surface area contributed by atoms with Gasteiger partial charge in [0.25, 0.3) is 0 Å². The molecule has 1 saturated heterocycles. The summed E-state index contributed by atoms with van der Waals surface area (Å²) < 4.78 is 7.87. The van der Waals surface area contributed by atoms with E-state index in [1.54, 1.807) is 0 Å². The molecule has 7 nitrogen and oxygen atoms in total. The van der Waals surface area contributed by atoms with E-state index in [1.807, 2.05) is 29.4 Å². The van der Waals surface area contributed by atoms with Crippen LogP contribution in [0.25, 0.3) is 0 Å². The van der Waals surface area contributed by atoms with Crippen molar-refractivity contribution < 1.29 is 9.53 Å². The molecule has 2 atom stereocenters. The molecule has 0 aromatic carbocycles. The molecule has 136 valence electrons. The Balaban J connectivity index is 1.62. The largest absolute Gasteiger partial charge is 0.367 e. The molecule has 0 saturated carbocycles. The van der Waals surface area contributed by atoms with E-state index >= 15 is 0 Å². The Morgan fingerprint density at radius 3 is 2.76 bits per heavy atom. The highest BCUT2D eigenvalue weighted by molar-refractivity contribution is 5.76. The third kappa shape index (κ3) is 4.10. The molecule has 0 radical (unpaired) electrons. The summed E-state index contributed by atoms with van der Waals surface area (Å²) in [5, 5.41) is 7.27. The van der Waals surface area contributed by atoms with Gasteiger partial charge in [0.2, 0.25) is 5.91 Å². The van der Waals surface area contributed by atoms with Crippen molar-refractivity contribution in [3.8, 4) is 0 Å². The van der Waals surface area contributed by atoms with E-state index in [9.17, 15) is 4.79 Å². The first-order valence-corrected chi connectivity index (χ1v) is 8.79. The second-order valence-corrected chi connectivity index (χ2v) is 7.68. The van der Waals surface area contributed by atoms with E-state index in [0.717, 1.165) is 5.82 Å². The lowest BCUT2D eigenvalue weighted by molar-refractivity contribution is -0.140. The molecule has 1 aliphatic rings. The first-order chi connectivity index (χ1) is 11.8. The van der Waals surface area contributed by atoms with Crippen molar-refractivity contribution in [3.63, 3.8) is 0 Å². The summed E-state index contributed by atoms with van der Waals surface area (Å²) in [6, 6.07) is 4.09. The lowest BCUT2D eigenvalue weighted by Crippen LogP contribution is -2.43. The lowest BCUT2D eigenvalue weighted by Gasteiger charge is -2.32. The van der Waals surface area contributed by atoms with Crippen LogP contribution < -0.4 is 0 Å². The van der Waals surface area contributed by atoms with E-state index in [4.69, 9.17) is 4.74 Å². The number of carbonyl (C=O) groups is 1. The van der Waals surface area contributed by atoms with Gasteiger partial charge in [-0.25, -0.2) is 4.98 Å². The molecule has 1 aliphatic heterocycles. The highest BCUT2D eigenvalue weighted by Crippen LogP contribution is 2.24. The van der Waals surface area contributed by atoms with Gasteiger partial charge >= 0.3 is 0 Å². The quantitative estimate of drug-likeness (QED) is 0.923. The Labute approximate surface area is 148 Å². The molecule has 0 aliphatic carbocycles. The summed E-state index contributed by atoms with van der Waals surface area (Å²) in [5.41, 5.74) is -0.120. The molecule has 2 aromatic rings. The average Bonchev–Trinajstić information content (AvgIpc) is 3.26. The highest BCUT2D eigenvalue weighted by Gasteiger charge is 2.29. The predicted octanol–water partition coefficient (Wildman–Crippen LogP) is 2.45. The van der Waals surface area contributed by atoms with Crippen LogP contribution in [0.2, 0.25) is 0 Å².